The largest absolute Gasteiger partial charge is 0.315 e. The standard InChI is InChI=1S/C15H17NO/c1-12-10-15(17)16(11-13(12)2)9-8-14-6-4-3-5-7-14/h3-7,10-11H,8-9H2,1-2H3. The lowest BCUT2D eigenvalue weighted by Crippen LogP contribution is -2.20. The van der Waals surface area contributed by atoms with E-state index in [0.717, 1.165) is 24.1 Å². The molecule has 0 fully saturated rings. The molecule has 0 aliphatic rings. The summed E-state index contributed by atoms with van der Waals surface area (Å²) in [4.78, 5) is 11.8. The lowest BCUT2D eigenvalue weighted by atomic mass is 10.1. The van der Waals surface area contributed by atoms with Crippen LogP contribution in [0.25, 0.3) is 0 Å². The van der Waals surface area contributed by atoms with Gasteiger partial charge in [-0.25, -0.2) is 0 Å². The van der Waals surface area contributed by atoms with Gasteiger partial charge in [-0.1, -0.05) is 30.3 Å². The maximum absolute atomic E-state index is 11.8. The summed E-state index contributed by atoms with van der Waals surface area (Å²) in [6.45, 7) is 4.75. The number of hydrogen-bond donors (Lipinski definition) is 0. The Hall–Kier alpha value is -1.83. The van der Waals surface area contributed by atoms with E-state index >= 15 is 0 Å². The first-order valence-corrected chi connectivity index (χ1v) is 5.88. The second-order valence-corrected chi connectivity index (χ2v) is 4.41. The zero-order valence-electron chi connectivity index (χ0n) is 10.3. The number of nitrogens with zero attached hydrogens (tertiary/aromatic N) is 1. The summed E-state index contributed by atoms with van der Waals surface area (Å²) in [7, 11) is 0. The number of hydrogen-bond acceptors (Lipinski definition) is 1. The average Bonchev–Trinajstić information content (AvgIpc) is 2.33. The van der Waals surface area contributed by atoms with E-state index in [0.29, 0.717) is 0 Å². The fourth-order valence-corrected chi connectivity index (χ4v) is 1.85. The van der Waals surface area contributed by atoms with Gasteiger partial charge in [-0.2, -0.15) is 0 Å². The minimum atomic E-state index is 0.0871. The van der Waals surface area contributed by atoms with Crippen LogP contribution in [0.15, 0.2) is 47.4 Å². The first kappa shape index (κ1) is 11.6. The van der Waals surface area contributed by atoms with Gasteiger partial charge in [-0.15, -0.1) is 0 Å². The first-order chi connectivity index (χ1) is 8.16. The predicted molar refractivity (Wildman–Crippen MR) is 70.3 cm³/mol. The Balaban J connectivity index is 2.15. The minimum Gasteiger partial charge on any atom is -0.315 e. The summed E-state index contributed by atoms with van der Waals surface area (Å²) in [6.07, 6.45) is 2.84. The number of aryl methyl sites for hydroxylation is 4. The van der Waals surface area contributed by atoms with Crippen molar-refractivity contribution in [3.05, 3.63) is 69.6 Å². The first-order valence-electron chi connectivity index (χ1n) is 5.88. The second kappa shape index (κ2) is 5.00. The third kappa shape index (κ3) is 2.84. The number of rotatable bonds is 3. The lowest BCUT2D eigenvalue weighted by Gasteiger charge is -2.08. The van der Waals surface area contributed by atoms with Crippen molar-refractivity contribution in [3.63, 3.8) is 0 Å². The van der Waals surface area contributed by atoms with Gasteiger partial charge >= 0.3 is 0 Å². The van der Waals surface area contributed by atoms with Crippen molar-refractivity contribution >= 4 is 0 Å². The van der Waals surface area contributed by atoms with Crippen molar-refractivity contribution in [2.45, 2.75) is 26.8 Å². The molecule has 1 aromatic heterocycles. The molecule has 2 heteroatoms. The third-order valence-electron chi connectivity index (χ3n) is 3.08. The highest BCUT2D eigenvalue weighted by Gasteiger charge is 2.00. The molecule has 2 aromatic rings. The van der Waals surface area contributed by atoms with Gasteiger partial charge in [0.05, 0.1) is 0 Å². The zero-order valence-corrected chi connectivity index (χ0v) is 10.3. The lowest BCUT2D eigenvalue weighted by molar-refractivity contribution is 0.665. The van der Waals surface area contributed by atoms with Gasteiger partial charge in [0.1, 0.15) is 0 Å². The van der Waals surface area contributed by atoms with Crippen molar-refractivity contribution in [1.82, 2.24) is 4.57 Å². The molecule has 88 valence electrons. The Morgan fingerprint density at radius 3 is 2.47 bits per heavy atom. The molecule has 0 unspecified atom stereocenters. The highest BCUT2D eigenvalue weighted by Crippen LogP contribution is 2.04. The summed E-state index contributed by atoms with van der Waals surface area (Å²) in [5, 5.41) is 0. The van der Waals surface area contributed by atoms with Crippen molar-refractivity contribution in [2.75, 3.05) is 0 Å². The summed E-state index contributed by atoms with van der Waals surface area (Å²) in [5.74, 6) is 0. The van der Waals surface area contributed by atoms with Gasteiger partial charge in [0, 0.05) is 18.8 Å². The summed E-state index contributed by atoms with van der Waals surface area (Å²) < 4.78 is 1.79. The van der Waals surface area contributed by atoms with Crippen LogP contribution in [0.5, 0.6) is 0 Å². The number of aromatic nitrogens is 1. The van der Waals surface area contributed by atoms with Crippen LogP contribution in [0.1, 0.15) is 16.7 Å². The van der Waals surface area contributed by atoms with Crippen LogP contribution in [0.4, 0.5) is 0 Å². The molecule has 0 atom stereocenters. The molecule has 0 bridgehead atoms. The summed E-state index contributed by atoms with van der Waals surface area (Å²) >= 11 is 0. The average molecular weight is 227 g/mol. The van der Waals surface area contributed by atoms with Crippen molar-refractivity contribution in [1.29, 1.82) is 0 Å². The molecule has 2 rings (SSSR count). The van der Waals surface area contributed by atoms with E-state index in [-0.39, 0.29) is 5.56 Å². The van der Waals surface area contributed by atoms with Crippen molar-refractivity contribution in [3.8, 4) is 0 Å². The van der Waals surface area contributed by atoms with Crippen LogP contribution < -0.4 is 5.56 Å². The van der Waals surface area contributed by atoms with Gasteiger partial charge in [-0.3, -0.25) is 4.79 Å². The zero-order chi connectivity index (χ0) is 12.3. The summed E-state index contributed by atoms with van der Waals surface area (Å²) in [6, 6.07) is 11.9. The highest BCUT2D eigenvalue weighted by molar-refractivity contribution is 5.20. The van der Waals surface area contributed by atoms with Gasteiger partial charge in [0.15, 0.2) is 0 Å². The third-order valence-corrected chi connectivity index (χ3v) is 3.08. The minimum absolute atomic E-state index is 0.0871. The van der Waals surface area contributed by atoms with E-state index in [1.165, 1.54) is 5.56 Å². The molecule has 0 radical (unpaired) electrons. The van der Waals surface area contributed by atoms with Crippen LogP contribution in [-0.2, 0) is 13.0 Å². The molecule has 1 aromatic carbocycles. The van der Waals surface area contributed by atoms with E-state index in [2.05, 4.69) is 12.1 Å². The van der Waals surface area contributed by atoms with E-state index in [1.54, 1.807) is 10.6 Å². The van der Waals surface area contributed by atoms with E-state index in [1.807, 2.05) is 38.2 Å². The molecule has 0 aliphatic heterocycles. The van der Waals surface area contributed by atoms with Gasteiger partial charge in [0.25, 0.3) is 5.56 Å². The van der Waals surface area contributed by atoms with E-state index in [4.69, 9.17) is 0 Å². The van der Waals surface area contributed by atoms with Crippen molar-refractivity contribution < 1.29 is 0 Å². The number of pyridine rings is 1. The molecule has 17 heavy (non-hydrogen) atoms. The Morgan fingerprint density at radius 2 is 1.76 bits per heavy atom. The molecule has 2 nitrogen and oxygen atoms in total. The highest BCUT2D eigenvalue weighted by atomic mass is 16.1. The fourth-order valence-electron chi connectivity index (χ4n) is 1.85. The molecule has 1 heterocycles. The molecular weight excluding hydrogens is 210 g/mol. The Kier molecular flexibility index (Phi) is 3.43. The second-order valence-electron chi connectivity index (χ2n) is 4.41. The van der Waals surface area contributed by atoms with Gasteiger partial charge in [0.2, 0.25) is 0 Å². The molecule has 0 amide bonds. The predicted octanol–water partition coefficient (Wildman–Crippen LogP) is 2.71. The SMILES string of the molecule is Cc1cc(=O)n(CCc2ccccc2)cc1C. The van der Waals surface area contributed by atoms with Crippen molar-refractivity contribution in [2.24, 2.45) is 0 Å². The van der Waals surface area contributed by atoms with E-state index in [9.17, 15) is 4.79 Å². The Bertz CT molecular complexity index is 555. The van der Waals surface area contributed by atoms with Crippen LogP contribution in [-0.4, -0.2) is 4.57 Å². The Morgan fingerprint density at radius 1 is 1.06 bits per heavy atom. The number of benzene rings is 1. The monoisotopic (exact) mass is 227 g/mol. The molecular formula is C15H17NO. The maximum Gasteiger partial charge on any atom is 0.250 e. The normalized spacial score (nSPS) is 10.5. The smallest absolute Gasteiger partial charge is 0.250 e. The van der Waals surface area contributed by atoms with Crippen LogP contribution in [0, 0.1) is 13.8 Å². The molecule has 0 spiro atoms. The van der Waals surface area contributed by atoms with Gasteiger partial charge in [-0.05, 0) is 37.0 Å². The molecule has 0 N–H and O–H groups in total. The van der Waals surface area contributed by atoms with Crippen LogP contribution in [0.3, 0.4) is 0 Å². The molecule has 0 saturated heterocycles. The van der Waals surface area contributed by atoms with E-state index < -0.39 is 0 Å². The Labute approximate surface area is 102 Å². The quantitative estimate of drug-likeness (QED) is 0.790. The van der Waals surface area contributed by atoms with Crippen LogP contribution >= 0.6 is 0 Å². The maximum atomic E-state index is 11.8. The summed E-state index contributed by atoms with van der Waals surface area (Å²) in [5.41, 5.74) is 3.57. The molecule has 0 saturated carbocycles. The fraction of sp³-hybridized carbons (Fsp3) is 0.267. The molecule has 0 aliphatic carbocycles. The topological polar surface area (TPSA) is 22.0 Å². The van der Waals surface area contributed by atoms with Crippen LogP contribution in [0.2, 0.25) is 0 Å². The van der Waals surface area contributed by atoms with Gasteiger partial charge < -0.3 is 4.57 Å².